The molecule has 1 amide bonds. The summed E-state index contributed by atoms with van der Waals surface area (Å²) < 4.78 is 0.820. The van der Waals surface area contributed by atoms with Gasteiger partial charge in [0.25, 0.3) is 5.91 Å². The summed E-state index contributed by atoms with van der Waals surface area (Å²) >= 11 is 3.45. The first-order chi connectivity index (χ1) is 10.2. The number of amides is 1. The number of hydrogen-bond donors (Lipinski definition) is 1. The fourth-order valence-electron chi connectivity index (χ4n) is 2.14. The van der Waals surface area contributed by atoms with Gasteiger partial charge in [-0.3, -0.25) is 4.79 Å². The zero-order valence-corrected chi connectivity index (χ0v) is 13.4. The SMILES string of the molecule is NCCCN(Cc1ccccc1)C(=O)c1ccccc1Br. The van der Waals surface area contributed by atoms with Crippen LogP contribution in [0.5, 0.6) is 0 Å². The highest BCUT2D eigenvalue weighted by Crippen LogP contribution is 2.19. The zero-order chi connectivity index (χ0) is 15.1. The van der Waals surface area contributed by atoms with E-state index in [1.54, 1.807) is 0 Å². The van der Waals surface area contributed by atoms with Gasteiger partial charge in [-0.05, 0) is 46.6 Å². The summed E-state index contributed by atoms with van der Waals surface area (Å²) in [4.78, 5) is 14.6. The molecule has 0 atom stereocenters. The molecule has 21 heavy (non-hydrogen) atoms. The molecule has 110 valence electrons. The third kappa shape index (κ3) is 4.41. The maximum absolute atomic E-state index is 12.7. The molecule has 3 nitrogen and oxygen atoms in total. The van der Waals surface area contributed by atoms with Crippen LogP contribution < -0.4 is 5.73 Å². The quantitative estimate of drug-likeness (QED) is 0.870. The Labute approximate surface area is 133 Å². The molecule has 0 aromatic heterocycles. The van der Waals surface area contributed by atoms with E-state index in [1.807, 2.05) is 59.5 Å². The molecule has 0 fully saturated rings. The third-order valence-corrected chi connectivity index (χ3v) is 3.93. The van der Waals surface area contributed by atoms with Gasteiger partial charge in [0.1, 0.15) is 0 Å². The largest absolute Gasteiger partial charge is 0.334 e. The Morgan fingerprint density at radius 2 is 1.71 bits per heavy atom. The average molecular weight is 347 g/mol. The summed E-state index contributed by atoms with van der Waals surface area (Å²) in [6.45, 7) is 1.83. The van der Waals surface area contributed by atoms with Crippen LogP contribution in [0.25, 0.3) is 0 Å². The van der Waals surface area contributed by atoms with Crippen molar-refractivity contribution in [1.29, 1.82) is 0 Å². The van der Waals surface area contributed by atoms with Gasteiger partial charge in [0.2, 0.25) is 0 Å². The predicted molar refractivity (Wildman–Crippen MR) is 89.0 cm³/mol. The topological polar surface area (TPSA) is 46.3 Å². The normalized spacial score (nSPS) is 10.4. The van der Waals surface area contributed by atoms with E-state index in [-0.39, 0.29) is 5.91 Å². The molecular weight excluding hydrogens is 328 g/mol. The lowest BCUT2D eigenvalue weighted by Crippen LogP contribution is -2.32. The first-order valence-electron chi connectivity index (χ1n) is 7.00. The Morgan fingerprint density at radius 1 is 1.05 bits per heavy atom. The second kappa shape index (κ2) is 7.96. The van der Waals surface area contributed by atoms with Gasteiger partial charge in [-0.15, -0.1) is 0 Å². The van der Waals surface area contributed by atoms with Crippen molar-refractivity contribution in [1.82, 2.24) is 4.90 Å². The van der Waals surface area contributed by atoms with Crippen molar-refractivity contribution in [3.05, 3.63) is 70.2 Å². The number of carbonyl (C=O) groups excluding carboxylic acids is 1. The second-order valence-electron chi connectivity index (χ2n) is 4.83. The smallest absolute Gasteiger partial charge is 0.255 e. The van der Waals surface area contributed by atoms with E-state index in [0.29, 0.717) is 25.2 Å². The number of halogens is 1. The maximum atomic E-state index is 12.7. The number of carbonyl (C=O) groups is 1. The van der Waals surface area contributed by atoms with E-state index in [1.165, 1.54) is 0 Å². The van der Waals surface area contributed by atoms with Crippen LogP contribution >= 0.6 is 15.9 Å². The fourth-order valence-corrected chi connectivity index (χ4v) is 2.60. The van der Waals surface area contributed by atoms with E-state index in [9.17, 15) is 4.79 Å². The van der Waals surface area contributed by atoms with Gasteiger partial charge >= 0.3 is 0 Å². The van der Waals surface area contributed by atoms with E-state index < -0.39 is 0 Å². The van der Waals surface area contributed by atoms with Gasteiger partial charge < -0.3 is 10.6 Å². The minimum Gasteiger partial charge on any atom is -0.334 e. The molecule has 0 saturated carbocycles. The van der Waals surface area contributed by atoms with Crippen LogP contribution in [0.3, 0.4) is 0 Å². The van der Waals surface area contributed by atoms with Crippen LogP contribution in [-0.2, 0) is 6.54 Å². The van der Waals surface area contributed by atoms with Crippen molar-refractivity contribution in [2.75, 3.05) is 13.1 Å². The summed E-state index contributed by atoms with van der Waals surface area (Å²) in [5, 5.41) is 0. The van der Waals surface area contributed by atoms with Gasteiger partial charge in [-0.2, -0.15) is 0 Å². The molecule has 0 spiro atoms. The van der Waals surface area contributed by atoms with Crippen LogP contribution in [0.2, 0.25) is 0 Å². The van der Waals surface area contributed by atoms with Gasteiger partial charge in [-0.25, -0.2) is 0 Å². The van der Waals surface area contributed by atoms with E-state index in [0.717, 1.165) is 16.5 Å². The molecule has 0 aliphatic heterocycles. The minimum atomic E-state index is 0.0276. The van der Waals surface area contributed by atoms with Crippen molar-refractivity contribution in [3.63, 3.8) is 0 Å². The molecule has 0 unspecified atom stereocenters. The second-order valence-corrected chi connectivity index (χ2v) is 5.69. The molecule has 0 aliphatic carbocycles. The van der Waals surface area contributed by atoms with Crippen molar-refractivity contribution in [3.8, 4) is 0 Å². The Hall–Kier alpha value is -1.65. The zero-order valence-electron chi connectivity index (χ0n) is 11.8. The number of benzene rings is 2. The summed E-state index contributed by atoms with van der Waals surface area (Å²) in [6, 6.07) is 17.5. The van der Waals surface area contributed by atoms with Gasteiger partial charge in [-0.1, -0.05) is 42.5 Å². The highest BCUT2D eigenvalue weighted by molar-refractivity contribution is 9.10. The molecule has 0 bridgehead atoms. The number of nitrogens with zero attached hydrogens (tertiary/aromatic N) is 1. The maximum Gasteiger partial charge on any atom is 0.255 e. The molecule has 0 heterocycles. The summed E-state index contributed by atoms with van der Waals surface area (Å²) in [6.07, 6.45) is 0.795. The molecule has 2 aromatic carbocycles. The first kappa shape index (κ1) is 15.7. The molecule has 2 rings (SSSR count). The van der Waals surface area contributed by atoms with E-state index in [4.69, 9.17) is 5.73 Å². The molecule has 2 N–H and O–H groups in total. The molecule has 4 heteroatoms. The lowest BCUT2D eigenvalue weighted by atomic mass is 10.1. The third-order valence-electron chi connectivity index (χ3n) is 3.24. The van der Waals surface area contributed by atoms with E-state index >= 15 is 0 Å². The summed E-state index contributed by atoms with van der Waals surface area (Å²) in [5.41, 5.74) is 7.40. The lowest BCUT2D eigenvalue weighted by molar-refractivity contribution is 0.0741. The van der Waals surface area contributed by atoms with Crippen molar-refractivity contribution < 1.29 is 4.79 Å². The molecule has 0 saturated heterocycles. The van der Waals surface area contributed by atoms with E-state index in [2.05, 4.69) is 15.9 Å². The Morgan fingerprint density at radius 3 is 2.38 bits per heavy atom. The highest BCUT2D eigenvalue weighted by atomic mass is 79.9. The van der Waals surface area contributed by atoms with Gasteiger partial charge in [0.15, 0.2) is 0 Å². The number of rotatable bonds is 6. The molecule has 0 aliphatic rings. The van der Waals surface area contributed by atoms with Crippen LogP contribution in [-0.4, -0.2) is 23.9 Å². The number of nitrogens with two attached hydrogens (primary N) is 1. The molecular formula is C17H19BrN2O. The average Bonchev–Trinajstić information content (AvgIpc) is 2.52. The van der Waals surface area contributed by atoms with Crippen LogP contribution in [0, 0.1) is 0 Å². The Bertz CT molecular complexity index is 586. The summed E-state index contributed by atoms with van der Waals surface area (Å²) in [5.74, 6) is 0.0276. The van der Waals surface area contributed by atoms with Crippen molar-refractivity contribution in [2.24, 2.45) is 5.73 Å². The monoisotopic (exact) mass is 346 g/mol. The Kier molecular flexibility index (Phi) is 5.96. The predicted octanol–water partition coefficient (Wildman–Crippen LogP) is 3.44. The highest BCUT2D eigenvalue weighted by Gasteiger charge is 2.17. The summed E-state index contributed by atoms with van der Waals surface area (Å²) in [7, 11) is 0. The van der Waals surface area contributed by atoms with Crippen LogP contribution in [0.4, 0.5) is 0 Å². The fraction of sp³-hybridized carbons (Fsp3) is 0.235. The van der Waals surface area contributed by atoms with Crippen molar-refractivity contribution >= 4 is 21.8 Å². The minimum absolute atomic E-state index is 0.0276. The number of hydrogen-bond acceptors (Lipinski definition) is 2. The van der Waals surface area contributed by atoms with Gasteiger partial charge in [0, 0.05) is 17.6 Å². The van der Waals surface area contributed by atoms with Crippen LogP contribution in [0.1, 0.15) is 22.3 Å². The first-order valence-corrected chi connectivity index (χ1v) is 7.79. The van der Waals surface area contributed by atoms with Gasteiger partial charge in [0.05, 0.1) is 5.56 Å². The Balaban J connectivity index is 2.19. The lowest BCUT2D eigenvalue weighted by Gasteiger charge is -2.23. The standard InChI is InChI=1S/C17H19BrN2O/c18-16-10-5-4-9-15(16)17(21)20(12-6-11-19)13-14-7-2-1-3-8-14/h1-5,7-10H,6,11-13,19H2. The van der Waals surface area contributed by atoms with Crippen molar-refractivity contribution in [2.45, 2.75) is 13.0 Å². The molecule has 0 radical (unpaired) electrons. The van der Waals surface area contributed by atoms with Crippen LogP contribution in [0.15, 0.2) is 59.1 Å². The molecule has 2 aromatic rings.